The molecule has 0 aliphatic carbocycles. The van der Waals surface area contributed by atoms with Gasteiger partial charge in [-0.15, -0.1) is 0 Å². The Morgan fingerprint density at radius 1 is 1.44 bits per heavy atom. The monoisotopic (exact) mass is 346 g/mol. The van der Waals surface area contributed by atoms with Crippen molar-refractivity contribution in [3.8, 4) is 0 Å². The first-order valence-electron chi connectivity index (χ1n) is 8.77. The van der Waals surface area contributed by atoms with E-state index < -0.39 is 5.54 Å². The van der Waals surface area contributed by atoms with Crippen LogP contribution < -0.4 is 5.32 Å². The minimum Gasteiger partial charge on any atom is -0.369 e. The van der Waals surface area contributed by atoms with Crippen molar-refractivity contribution >= 4 is 11.8 Å². The van der Waals surface area contributed by atoms with Crippen molar-refractivity contribution in [3.05, 3.63) is 23.8 Å². The third kappa shape index (κ3) is 3.25. The van der Waals surface area contributed by atoms with Crippen molar-refractivity contribution in [1.29, 1.82) is 0 Å². The highest BCUT2D eigenvalue weighted by Crippen LogP contribution is 2.49. The lowest BCUT2D eigenvalue weighted by Crippen LogP contribution is -2.54. The number of aryl methyl sites for hydroxylation is 1. The summed E-state index contributed by atoms with van der Waals surface area (Å²) >= 11 is 0. The van der Waals surface area contributed by atoms with Crippen molar-refractivity contribution in [2.24, 2.45) is 0 Å². The number of rotatable bonds is 3. The second kappa shape index (κ2) is 6.37. The van der Waals surface area contributed by atoms with Crippen LogP contribution in [0.4, 0.5) is 0 Å². The minimum atomic E-state index is -0.452. The van der Waals surface area contributed by atoms with Gasteiger partial charge in [0.15, 0.2) is 0 Å². The van der Waals surface area contributed by atoms with E-state index in [4.69, 9.17) is 4.74 Å². The van der Waals surface area contributed by atoms with Crippen LogP contribution in [0.1, 0.15) is 55.8 Å². The highest BCUT2D eigenvalue weighted by molar-refractivity contribution is 5.93. The number of nitrogens with one attached hydrogen (secondary N) is 1. The number of ether oxygens (including phenoxy) is 1. The molecule has 1 spiro atoms. The van der Waals surface area contributed by atoms with Gasteiger partial charge in [0.1, 0.15) is 11.5 Å². The molecular weight excluding hydrogens is 320 g/mol. The molecule has 1 aromatic rings. The summed E-state index contributed by atoms with van der Waals surface area (Å²) in [5.41, 5.74) is -0.424. The molecule has 0 aromatic carbocycles. The van der Waals surface area contributed by atoms with E-state index in [-0.39, 0.29) is 29.9 Å². The first-order chi connectivity index (χ1) is 11.8. The number of carbonyl (C=O) groups is 2. The quantitative estimate of drug-likeness (QED) is 0.896. The topological polar surface area (TPSA) is 84.4 Å². The van der Waals surface area contributed by atoms with E-state index in [2.05, 4.69) is 15.3 Å². The van der Waals surface area contributed by atoms with Crippen molar-refractivity contribution in [1.82, 2.24) is 20.2 Å². The molecule has 25 heavy (non-hydrogen) atoms. The third-order valence-electron chi connectivity index (χ3n) is 5.21. The first-order valence-corrected chi connectivity index (χ1v) is 8.77. The number of hydrogen-bond acceptors (Lipinski definition) is 5. The summed E-state index contributed by atoms with van der Waals surface area (Å²) in [5.74, 6) is 0.398. The Morgan fingerprint density at radius 3 is 2.88 bits per heavy atom. The summed E-state index contributed by atoms with van der Waals surface area (Å²) in [6.45, 7) is 6.47. The molecule has 0 bridgehead atoms. The average molecular weight is 346 g/mol. The molecule has 0 unspecified atom stereocenters. The molecule has 2 amide bonds. The van der Waals surface area contributed by atoms with Gasteiger partial charge >= 0.3 is 0 Å². The Bertz CT molecular complexity index is 691. The van der Waals surface area contributed by atoms with Crippen LogP contribution in [0.15, 0.2) is 12.3 Å². The van der Waals surface area contributed by atoms with Crippen LogP contribution in [0, 0.1) is 6.92 Å². The maximum absolute atomic E-state index is 13.2. The second-order valence-electron chi connectivity index (χ2n) is 7.57. The van der Waals surface area contributed by atoms with Gasteiger partial charge in [-0.1, -0.05) is 0 Å². The Morgan fingerprint density at radius 2 is 2.20 bits per heavy atom. The zero-order chi connectivity index (χ0) is 18.2. The van der Waals surface area contributed by atoms with Crippen LogP contribution >= 0.6 is 0 Å². The Labute approximate surface area is 148 Å². The average Bonchev–Trinajstić information content (AvgIpc) is 3.07. The maximum atomic E-state index is 13.2. The lowest BCUT2D eigenvalue weighted by atomic mass is 9.82. The second-order valence-corrected chi connectivity index (χ2v) is 7.57. The van der Waals surface area contributed by atoms with Gasteiger partial charge in [-0.05, 0) is 39.7 Å². The molecule has 7 nitrogen and oxygen atoms in total. The Hall–Kier alpha value is -2.02. The Kier molecular flexibility index (Phi) is 4.53. The molecule has 7 heteroatoms. The maximum Gasteiger partial charge on any atom is 0.273 e. The predicted molar refractivity (Wildman–Crippen MR) is 92.0 cm³/mol. The van der Waals surface area contributed by atoms with Gasteiger partial charge in [-0.25, -0.2) is 9.97 Å². The molecule has 2 saturated heterocycles. The van der Waals surface area contributed by atoms with Gasteiger partial charge in [-0.2, -0.15) is 0 Å². The zero-order valence-electron chi connectivity index (χ0n) is 15.3. The fourth-order valence-corrected chi connectivity index (χ4v) is 4.33. The van der Waals surface area contributed by atoms with Crippen LogP contribution in [0.3, 0.4) is 0 Å². The summed E-state index contributed by atoms with van der Waals surface area (Å²) < 4.78 is 6.21. The molecule has 1 aromatic heterocycles. The van der Waals surface area contributed by atoms with E-state index in [0.29, 0.717) is 18.1 Å². The molecule has 3 rings (SSSR count). The number of nitrogens with zero attached hydrogens (tertiary/aromatic N) is 3. The van der Waals surface area contributed by atoms with E-state index in [0.717, 1.165) is 19.3 Å². The highest BCUT2D eigenvalue weighted by Gasteiger charge is 2.58. The molecular formula is C18H26N4O3. The SMILES string of the molecule is CNC(=O)C[C@@H]1OC(C)(C)C[C@]12CCCN2C(=O)c1ccnc(C)n1. The summed E-state index contributed by atoms with van der Waals surface area (Å²) in [6, 6.07) is 1.65. The normalized spacial score (nSPS) is 27.7. The van der Waals surface area contributed by atoms with Gasteiger partial charge in [0.25, 0.3) is 5.91 Å². The van der Waals surface area contributed by atoms with Crippen LogP contribution in [0.2, 0.25) is 0 Å². The number of hydrogen-bond donors (Lipinski definition) is 1. The number of aromatic nitrogens is 2. The zero-order valence-corrected chi connectivity index (χ0v) is 15.3. The highest BCUT2D eigenvalue weighted by atomic mass is 16.5. The van der Waals surface area contributed by atoms with Crippen LogP contribution in [-0.4, -0.2) is 57.5 Å². The fraction of sp³-hybridized carbons (Fsp3) is 0.667. The molecule has 136 valence electrons. The Balaban J connectivity index is 1.94. The van der Waals surface area contributed by atoms with Gasteiger partial charge in [0.05, 0.1) is 23.7 Å². The van der Waals surface area contributed by atoms with Crippen molar-refractivity contribution < 1.29 is 14.3 Å². The van der Waals surface area contributed by atoms with Crippen molar-refractivity contribution in [2.75, 3.05) is 13.6 Å². The number of amides is 2. The molecule has 2 atom stereocenters. The third-order valence-corrected chi connectivity index (χ3v) is 5.21. The van der Waals surface area contributed by atoms with E-state index >= 15 is 0 Å². The molecule has 0 radical (unpaired) electrons. The number of likely N-dealkylation sites (tertiary alicyclic amines) is 1. The van der Waals surface area contributed by atoms with Crippen LogP contribution in [0.5, 0.6) is 0 Å². The van der Waals surface area contributed by atoms with E-state index in [9.17, 15) is 9.59 Å². The summed E-state index contributed by atoms with van der Waals surface area (Å²) in [5, 5.41) is 2.67. The number of carbonyl (C=O) groups excluding carboxylic acids is 2. The van der Waals surface area contributed by atoms with Crippen molar-refractivity contribution in [2.45, 2.75) is 63.7 Å². The molecule has 2 aliphatic heterocycles. The van der Waals surface area contributed by atoms with Gasteiger partial charge < -0.3 is 15.0 Å². The molecule has 2 fully saturated rings. The first kappa shape index (κ1) is 17.8. The molecule has 0 saturated carbocycles. The molecule has 1 N–H and O–H groups in total. The largest absolute Gasteiger partial charge is 0.369 e. The van der Waals surface area contributed by atoms with Gasteiger partial charge in [-0.3, -0.25) is 9.59 Å². The van der Waals surface area contributed by atoms with Crippen molar-refractivity contribution in [3.63, 3.8) is 0 Å². The summed E-state index contributed by atoms with van der Waals surface area (Å²) in [6.07, 6.45) is 4.02. The van der Waals surface area contributed by atoms with Gasteiger partial charge in [0.2, 0.25) is 5.91 Å². The molecule has 3 heterocycles. The van der Waals surface area contributed by atoms with E-state index in [1.54, 1.807) is 26.2 Å². The lowest BCUT2D eigenvalue weighted by Gasteiger charge is -2.38. The van der Waals surface area contributed by atoms with Crippen LogP contribution in [0.25, 0.3) is 0 Å². The van der Waals surface area contributed by atoms with Crippen LogP contribution in [-0.2, 0) is 9.53 Å². The summed E-state index contributed by atoms with van der Waals surface area (Å²) in [7, 11) is 1.62. The molecule has 2 aliphatic rings. The fourth-order valence-electron chi connectivity index (χ4n) is 4.33. The standard InChI is InChI=1S/C18H26N4O3/c1-12-20-8-6-13(21-12)16(24)22-9-5-7-18(22)11-17(2,3)25-14(18)10-15(23)19-4/h6,8,14H,5,7,9-11H2,1-4H3,(H,19,23)/t14-,18+/m0/s1. The smallest absolute Gasteiger partial charge is 0.273 e. The van der Waals surface area contributed by atoms with E-state index in [1.807, 2.05) is 18.7 Å². The lowest BCUT2D eigenvalue weighted by molar-refractivity contribution is -0.126. The predicted octanol–water partition coefficient (Wildman–Crippen LogP) is 1.46. The summed E-state index contributed by atoms with van der Waals surface area (Å²) in [4.78, 5) is 35.4. The minimum absolute atomic E-state index is 0.0701. The van der Waals surface area contributed by atoms with Gasteiger partial charge in [0, 0.05) is 26.2 Å². The van der Waals surface area contributed by atoms with E-state index in [1.165, 1.54) is 0 Å².